The van der Waals surface area contributed by atoms with Gasteiger partial charge in [0.15, 0.2) is 17.3 Å². The molecule has 0 aliphatic rings. The monoisotopic (exact) mass is 254 g/mol. The molecule has 0 amide bonds. The lowest BCUT2D eigenvalue weighted by Gasteiger charge is -2.17. The number of ketones is 1. The highest BCUT2D eigenvalue weighted by Crippen LogP contribution is 2.45. The Morgan fingerprint density at radius 1 is 0.944 bits per heavy atom. The van der Waals surface area contributed by atoms with Crippen molar-refractivity contribution in [2.45, 2.75) is 13.3 Å². The topological polar surface area (TPSA) is 54.0 Å². The molecule has 0 spiro atoms. The Morgan fingerprint density at radius 3 is 1.89 bits per heavy atom. The van der Waals surface area contributed by atoms with E-state index in [2.05, 4.69) is 0 Å². The van der Waals surface area contributed by atoms with Crippen molar-refractivity contribution >= 4 is 5.78 Å². The van der Waals surface area contributed by atoms with Gasteiger partial charge in [0.25, 0.3) is 0 Å². The van der Waals surface area contributed by atoms with Crippen molar-refractivity contribution in [2.75, 3.05) is 28.4 Å². The zero-order valence-electron chi connectivity index (χ0n) is 11.3. The number of ether oxygens (including phenoxy) is 4. The predicted octanol–water partition coefficient (Wildman–Crippen LogP) is 2.31. The molecule has 5 nitrogen and oxygen atoms in total. The van der Waals surface area contributed by atoms with Crippen LogP contribution >= 0.6 is 0 Å². The van der Waals surface area contributed by atoms with Crippen LogP contribution in [-0.2, 0) is 0 Å². The highest BCUT2D eigenvalue weighted by molar-refractivity contribution is 6.02. The molecule has 0 radical (unpaired) electrons. The number of carbonyl (C=O) groups is 1. The fourth-order valence-electron chi connectivity index (χ4n) is 1.74. The number of carbonyl (C=O) groups excluding carboxylic acids is 1. The smallest absolute Gasteiger partial charge is 0.204 e. The van der Waals surface area contributed by atoms with Gasteiger partial charge in [-0.05, 0) is 0 Å². The maximum absolute atomic E-state index is 12.0. The van der Waals surface area contributed by atoms with E-state index >= 15 is 0 Å². The Morgan fingerprint density at radius 2 is 1.50 bits per heavy atom. The zero-order chi connectivity index (χ0) is 13.7. The fourth-order valence-corrected chi connectivity index (χ4v) is 1.74. The Kier molecular flexibility index (Phi) is 4.83. The zero-order valence-corrected chi connectivity index (χ0v) is 11.3. The summed E-state index contributed by atoms with van der Waals surface area (Å²) in [5.74, 6) is 1.51. The molecule has 1 aromatic rings. The van der Waals surface area contributed by atoms with Crippen LogP contribution in [0.1, 0.15) is 23.7 Å². The van der Waals surface area contributed by atoms with Crippen LogP contribution in [-0.4, -0.2) is 34.2 Å². The second kappa shape index (κ2) is 6.14. The quantitative estimate of drug-likeness (QED) is 0.729. The van der Waals surface area contributed by atoms with Gasteiger partial charge < -0.3 is 18.9 Å². The number of benzene rings is 1. The molecular weight excluding hydrogens is 236 g/mol. The van der Waals surface area contributed by atoms with E-state index in [9.17, 15) is 4.79 Å². The molecule has 0 heterocycles. The summed E-state index contributed by atoms with van der Waals surface area (Å²) in [6.45, 7) is 1.78. The first-order valence-electron chi connectivity index (χ1n) is 5.54. The molecular formula is C13H18O5. The summed E-state index contributed by atoms with van der Waals surface area (Å²) in [6.07, 6.45) is 0.349. The molecule has 0 atom stereocenters. The van der Waals surface area contributed by atoms with Crippen LogP contribution < -0.4 is 18.9 Å². The normalized spacial score (nSPS) is 9.83. The van der Waals surface area contributed by atoms with Gasteiger partial charge in [0.05, 0.1) is 28.4 Å². The van der Waals surface area contributed by atoms with Crippen LogP contribution in [0.2, 0.25) is 0 Å². The number of methoxy groups -OCH3 is 4. The molecule has 100 valence electrons. The Labute approximate surface area is 107 Å². The van der Waals surface area contributed by atoms with E-state index in [1.54, 1.807) is 13.0 Å². The highest BCUT2D eigenvalue weighted by atomic mass is 16.5. The summed E-state index contributed by atoms with van der Waals surface area (Å²) in [6, 6.07) is 1.62. The molecule has 5 heteroatoms. The molecule has 0 aromatic heterocycles. The second-order valence-electron chi connectivity index (χ2n) is 3.50. The number of Topliss-reactive ketones (excluding diaryl/α,β-unsaturated/α-hetero) is 1. The average molecular weight is 254 g/mol. The number of hydrogen-bond donors (Lipinski definition) is 0. The van der Waals surface area contributed by atoms with E-state index in [-0.39, 0.29) is 5.78 Å². The number of rotatable bonds is 6. The van der Waals surface area contributed by atoms with Gasteiger partial charge in [-0.2, -0.15) is 0 Å². The third kappa shape index (κ3) is 2.34. The molecule has 0 bridgehead atoms. The van der Waals surface area contributed by atoms with Crippen LogP contribution in [0.5, 0.6) is 23.0 Å². The van der Waals surface area contributed by atoms with E-state index in [0.29, 0.717) is 35.0 Å². The van der Waals surface area contributed by atoms with Gasteiger partial charge in [0.1, 0.15) is 11.3 Å². The molecule has 1 aromatic carbocycles. The maximum atomic E-state index is 12.0. The third-order valence-corrected chi connectivity index (χ3v) is 2.61. The highest BCUT2D eigenvalue weighted by Gasteiger charge is 2.25. The van der Waals surface area contributed by atoms with Crippen molar-refractivity contribution in [3.63, 3.8) is 0 Å². The summed E-state index contributed by atoms with van der Waals surface area (Å²) in [4.78, 5) is 12.0. The van der Waals surface area contributed by atoms with Gasteiger partial charge in [0, 0.05) is 12.5 Å². The first kappa shape index (κ1) is 14.2. The van der Waals surface area contributed by atoms with Gasteiger partial charge in [-0.1, -0.05) is 6.92 Å². The first-order valence-corrected chi connectivity index (χ1v) is 5.54. The summed E-state index contributed by atoms with van der Waals surface area (Å²) in [5, 5.41) is 0. The van der Waals surface area contributed by atoms with Crippen molar-refractivity contribution in [1.82, 2.24) is 0 Å². The van der Waals surface area contributed by atoms with Crippen molar-refractivity contribution in [2.24, 2.45) is 0 Å². The predicted molar refractivity (Wildman–Crippen MR) is 67.3 cm³/mol. The maximum Gasteiger partial charge on any atom is 0.204 e. The molecule has 0 unspecified atom stereocenters. The van der Waals surface area contributed by atoms with Crippen LogP contribution in [0.15, 0.2) is 6.07 Å². The van der Waals surface area contributed by atoms with Crippen molar-refractivity contribution < 1.29 is 23.7 Å². The molecule has 18 heavy (non-hydrogen) atoms. The van der Waals surface area contributed by atoms with Gasteiger partial charge in [-0.25, -0.2) is 0 Å². The Balaban J connectivity index is 3.60. The minimum absolute atomic E-state index is 0.0790. The summed E-state index contributed by atoms with van der Waals surface area (Å²) < 4.78 is 20.9. The van der Waals surface area contributed by atoms with E-state index < -0.39 is 0 Å². The number of hydrogen-bond acceptors (Lipinski definition) is 5. The van der Waals surface area contributed by atoms with Gasteiger partial charge >= 0.3 is 0 Å². The lowest BCUT2D eigenvalue weighted by atomic mass is 10.0. The molecule has 0 aliphatic carbocycles. The van der Waals surface area contributed by atoms with Crippen LogP contribution in [0.25, 0.3) is 0 Å². The van der Waals surface area contributed by atoms with Crippen LogP contribution in [0, 0.1) is 0 Å². The van der Waals surface area contributed by atoms with Crippen molar-refractivity contribution in [1.29, 1.82) is 0 Å². The summed E-state index contributed by atoms with van der Waals surface area (Å²) in [7, 11) is 5.97. The molecule has 1 rings (SSSR count). The fraction of sp³-hybridized carbons (Fsp3) is 0.462. The molecule has 0 saturated heterocycles. The Hall–Kier alpha value is -1.91. The minimum Gasteiger partial charge on any atom is -0.496 e. The Bertz CT molecular complexity index is 439. The largest absolute Gasteiger partial charge is 0.496 e. The van der Waals surface area contributed by atoms with Crippen LogP contribution in [0.4, 0.5) is 0 Å². The lowest BCUT2D eigenvalue weighted by molar-refractivity contribution is 0.0981. The van der Waals surface area contributed by atoms with E-state index in [0.717, 1.165) is 0 Å². The van der Waals surface area contributed by atoms with Crippen molar-refractivity contribution in [3.05, 3.63) is 11.6 Å². The lowest BCUT2D eigenvalue weighted by Crippen LogP contribution is -2.06. The van der Waals surface area contributed by atoms with Gasteiger partial charge in [-0.15, -0.1) is 0 Å². The third-order valence-electron chi connectivity index (χ3n) is 2.61. The molecule has 0 N–H and O–H groups in total. The molecule has 0 saturated carbocycles. The standard InChI is InChI=1S/C13H18O5/c1-6-8(14)11-9(15-2)7-10(16-3)12(17-4)13(11)18-5/h7H,6H2,1-5H3. The van der Waals surface area contributed by atoms with Crippen LogP contribution in [0.3, 0.4) is 0 Å². The second-order valence-corrected chi connectivity index (χ2v) is 3.50. The van der Waals surface area contributed by atoms with E-state index in [1.807, 2.05) is 0 Å². The van der Waals surface area contributed by atoms with Gasteiger partial charge in [0.2, 0.25) is 5.75 Å². The van der Waals surface area contributed by atoms with E-state index in [4.69, 9.17) is 18.9 Å². The minimum atomic E-state index is -0.0790. The average Bonchev–Trinajstić information content (AvgIpc) is 2.43. The van der Waals surface area contributed by atoms with Gasteiger partial charge in [-0.3, -0.25) is 4.79 Å². The molecule has 0 fully saturated rings. The first-order chi connectivity index (χ1) is 8.64. The van der Waals surface area contributed by atoms with Crippen molar-refractivity contribution in [3.8, 4) is 23.0 Å². The molecule has 0 aliphatic heterocycles. The summed E-state index contributed by atoms with van der Waals surface area (Å²) >= 11 is 0. The SMILES string of the molecule is CCC(=O)c1c(OC)cc(OC)c(OC)c1OC. The van der Waals surface area contributed by atoms with E-state index in [1.165, 1.54) is 28.4 Å². The summed E-state index contributed by atoms with van der Waals surface area (Å²) in [5.41, 5.74) is 0.375.